The molecule has 2 rings (SSSR count). The summed E-state index contributed by atoms with van der Waals surface area (Å²) in [5.74, 6) is 0.324. The Balaban J connectivity index is 2.14. The van der Waals surface area contributed by atoms with E-state index in [9.17, 15) is 17.2 Å². The smallest absolute Gasteiger partial charge is 0.387 e. The molecule has 1 heterocycles. The van der Waals surface area contributed by atoms with Gasteiger partial charge in [-0.25, -0.2) is 8.42 Å². The number of alkyl halides is 2. The predicted octanol–water partition coefficient (Wildman–Crippen LogP) is 2.96. The van der Waals surface area contributed by atoms with Gasteiger partial charge in [0.05, 0.1) is 5.25 Å². The Hall–Kier alpha value is -1.81. The molecular formula is C12H13F2N3O3S2. The van der Waals surface area contributed by atoms with Crippen LogP contribution in [-0.2, 0) is 10.0 Å². The Morgan fingerprint density at radius 1 is 1.23 bits per heavy atom. The third kappa shape index (κ3) is 4.10. The minimum atomic E-state index is -3.49. The fourth-order valence-corrected chi connectivity index (χ4v) is 2.88. The van der Waals surface area contributed by atoms with Gasteiger partial charge in [0, 0.05) is 17.1 Å². The molecular weight excluding hydrogens is 336 g/mol. The van der Waals surface area contributed by atoms with Crippen molar-refractivity contribution in [2.45, 2.75) is 25.7 Å². The highest BCUT2D eigenvalue weighted by Gasteiger charge is 2.18. The molecule has 0 amide bonds. The summed E-state index contributed by atoms with van der Waals surface area (Å²) in [6.07, 6.45) is 0. The molecule has 6 nitrogen and oxygen atoms in total. The van der Waals surface area contributed by atoms with Gasteiger partial charge in [-0.05, 0) is 38.1 Å². The molecule has 120 valence electrons. The van der Waals surface area contributed by atoms with Crippen molar-refractivity contribution in [2.24, 2.45) is 0 Å². The summed E-state index contributed by atoms with van der Waals surface area (Å²) < 4.78 is 58.2. The van der Waals surface area contributed by atoms with Crippen molar-refractivity contribution in [1.82, 2.24) is 9.36 Å². The molecule has 1 aromatic carbocycles. The van der Waals surface area contributed by atoms with Gasteiger partial charge in [0.15, 0.2) is 5.82 Å². The molecule has 0 saturated carbocycles. The Labute approximate surface area is 130 Å². The second kappa shape index (κ2) is 6.53. The van der Waals surface area contributed by atoms with E-state index in [0.29, 0.717) is 11.4 Å². The SMILES string of the molecule is CC(C)S(=O)(=O)Nc1nc(-c2ccc(OC(F)F)cc2)ns1. The van der Waals surface area contributed by atoms with Gasteiger partial charge in [0.25, 0.3) is 0 Å². The monoisotopic (exact) mass is 349 g/mol. The predicted molar refractivity (Wildman–Crippen MR) is 79.7 cm³/mol. The van der Waals surface area contributed by atoms with Crippen molar-refractivity contribution in [3.8, 4) is 17.1 Å². The summed E-state index contributed by atoms with van der Waals surface area (Å²) in [4.78, 5) is 4.07. The number of hydrogen-bond donors (Lipinski definition) is 1. The maximum Gasteiger partial charge on any atom is 0.387 e. The van der Waals surface area contributed by atoms with Gasteiger partial charge in [-0.15, -0.1) is 0 Å². The zero-order valence-electron chi connectivity index (χ0n) is 11.7. The van der Waals surface area contributed by atoms with Gasteiger partial charge in [-0.1, -0.05) is 0 Å². The summed E-state index contributed by atoms with van der Waals surface area (Å²) in [7, 11) is -3.49. The zero-order valence-corrected chi connectivity index (χ0v) is 13.3. The van der Waals surface area contributed by atoms with Crippen LogP contribution in [0.15, 0.2) is 24.3 Å². The van der Waals surface area contributed by atoms with Crippen LogP contribution in [0.2, 0.25) is 0 Å². The molecule has 0 unspecified atom stereocenters. The van der Waals surface area contributed by atoms with Crippen molar-refractivity contribution in [3.63, 3.8) is 0 Å². The van der Waals surface area contributed by atoms with E-state index >= 15 is 0 Å². The summed E-state index contributed by atoms with van der Waals surface area (Å²) in [5, 5.41) is -0.442. The van der Waals surface area contributed by atoms with Gasteiger partial charge in [0.1, 0.15) is 5.75 Å². The number of aromatic nitrogens is 2. The van der Waals surface area contributed by atoms with Crippen molar-refractivity contribution >= 4 is 26.7 Å². The number of anilines is 1. The van der Waals surface area contributed by atoms with Crippen molar-refractivity contribution in [3.05, 3.63) is 24.3 Å². The van der Waals surface area contributed by atoms with Crippen LogP contribution in [0.1, 0.15) is 13.8 Å². The number of rotatable bonds is 6. The third-order valence-electron chi connectivity index (χ3n) is 2.61. The van der Waals surface area contributed by atoms with E-state index in [4.69, 9.17) is 0 Å². The summed E-state index contributed by atoms with van der Waals surface area (Å²) in [6.45, 7) is 0.207. The molecule has 1 aromatic heterocycles. The molecule has 0 atom stereocenters. The van der Waals surface area contributed by atoms with E-state index in [1.807, 2.05) is 0 Å². The van der Waals surface area contributed by atoms with Gasteiger partial charge < -0.3 is 4.74 Å². The molecule has 0 saturated heterocycles. The molecule has 0 aliphatic heterocycles. The lowest BCUT2D eigenvalue weighted by atomic mass is 10.2. The molecule has 10 heteroatoms. The largest absolute Gasteiger partial charge is 0.435 e. The van der Waals surface area contributed by atoms with Crippen molar-refractivity contribution in [1.29, 1.82) is 0 Å². The minimum Gasteiger partial charge on any atom is -0.435 e. The molecule has 2 aromatic rings. The van der Waals surface area contributed by atoms with E-state index in [-0.39, 0.29) is 10.9 Å². The third-order valence-corrected chi connectivity index (χ3v) is 5.09. The lowest BCUT2D eigenvalue weighted by molar-refractivity contribution is -0.0498. The molecule has 0 spiro atoms. The van der Waals surface area contributed by atoms with Crippen LogP contribution in [-0.4, -0.2) is 29.6 Å². The molecule has 22 heavy (non-hydrogen) atoms. The highest BCUT2D eigenvalue weighted by molar-refractivity contribution is 7.93. The first-order chi connectivity index (χ1) is 10.3. The van der Waals surface area contributed by atoms with Crippen molar-refractivity contribution in [2.75, 3.05) is 4.72 Å². The lowest BCUT2D eigenvalue weighted by Gasteiger charge is -2.06. The first-order valence-electron chi connectivity index (χ1n) is 6.18. The Kier molecular flexibility index (Phi) is 4.91. The van der Waals surface area contributed by atoms with Gasteiger partial charge >= 0.3 is 6.61 Å². The van der Waals surface area contributed by atoms with E-state index < -0.39 is 21.9 Å². The van der Waals surface area contributed by atoms with Crippen LogP contribution in [0.4, 0.5) is 13.9 Å². The van der Waals surface area contributed by atoms with E-state index in [2.05, 4.69) is 18.8 Å². The topological polar surface area (TPSA) is 81.2 Å². The van der Waals surface area contributed by atoms with Crippen LogP contribution in [0.25, 0.3) is 11.4 Å². The van der Waals surface area contributed by atoms with Crippen molar-refractivity contribution < 1.29 is 21.9 Å². The quantitative estimate of drug-likeness (QED) is 0.867. The first kappa shape index (κ1) is 16.6. The number of sulfonamides is 1. The number of ether oxygens (including phenoxy) is 1. The second-order valence-electron chi connectivity index (χ2n) is 4.52. The molecule has 0 bridgehead atoms. The highest BCUT2D eigenvalue weighted by atomic mass is 32.2. The zero-order chi connectivity index (χ0) is 16.3. The van der Waals surface area contributed by atoms with E-state index in [0.717, 1.165) is 11.5 Å². The number of hydrogen-bond acceptors (Lipinski definition) is 6. The summed E-state index contributed by atoms with van der Waals surface area (Å²) in [5.41, 5.74) is 0.563. The number of halogens is 2. The average Bonchev–Trinajstić information content (AvgIpc) is 2.86. The molecule has 0 aliphatic carbocycles. The van der Waals surface area contributed by atoms with Gasteiger partial charge in [0.2, 0.25) is 15.2 Å². The standard InChI is InChI=1S/C12H13F2N3O3S2/c1-7(2)22(18,19)17-12-15-10(16-21-12)8-3-5-9(6-4-8)20-11(13)14/h3-7,11H,1-2H3,(H,15,16,17). The maximum atomic E-state index is 12.1. The fraction of sp³-hybridized carbons (Fsp3) is 0.333. The summed E-state index contributed by atoms with van der Waals surface area (Å²) in [6, 6.07) is 5.75. The Bertz CT molecular complexity index is 730. The van der Waals surface area contributed by atoms with Crippen LogP contribution in [0.3, 0.4) is 0 Å². The molecule has 0 fully saturated rings. The normalized spacial score (nSPS) is 11.9. The number of nitrogens with one attached hydrogen (secondary N) is 1. The lowest BCUT2D eigenvalue weighted by Crippen LogP contribution is -2.22. The van der Waals surface area contributed by atoms with Crippen LogP contribution in [0.5, 0.6) is 5.75 Å². The average molecular weight is 349 g/mol. The molecule has 1 N–H and O–H groups in total. The highest BCUT2D eigenvalue weighted by Crippen LogP contribution is 2.24. The second-order valence-corrected chi connectivity index (χ2v) is 7.51. The van der Waals surface area contributed by atoms with Crippen LogP contribution in [0, 0.1) is 0 Å². The van der Waals surface area contributed by atoms with E-state index in [1.165, 1.54) is 24.3 Å². The van der Waals surface area contributed by atoms with Crippen LogP contribution >= 0.6 is 11.5 Å². The Morgan fingerprint density at radius 3 is 2.41 bits per heavy atom. The molecule has 0 radical (unpaired) electrons. The molecule has 0 aliphatic rings. The number of nitrogens with zero attached hydrogens (tertiary/aromatic N) is 2. The maximum absolute atomic E-state index is 12.1. The Morgan fingerprint density at radius 2 is 1.86 bits per heavy atom. The fourth-order valence-electron chi connectivity index (χ4n) is 1.41. The van der Waals surface area contributed by atoms with Gasteiger partial charge in [-0.3, -0.25) is 4.72 Å². The minimum absolute atomic E-state index is 0.0229. The summed E-state index contributed by atoms with van der Waals surface area (Å²) >= 11 is 0.901. The first-order valence-corrected chi connectivity index (χ1v) is 8.50. The van der Waals surface area contributed by atoms with Gasteiger partial charge in [-0.2, -0.15) is 18.1 Å². The van der Waals surface area contributed by atoms with E-state index in [1.54, 1.807) is 13.8 Å². The number of benzene rings is 1. The van der Waals surface area contributed by atoms with Crippen LogP contribution < -0.4 is 9.46 Å².